The van der Waals surface area contributed by atoms with Crippen LogP contribution in [0.3, 0.4) is 0 Å². The van der Waals surface area contributed by atoms with Gasteiger partial charge in [-0.1, -0.05) is 26.7 Å². The van der Waals surface area contributed by atoms with Gasteiger partial charge >= 0.3 is 12.0 Å². The fourth-order valence-electron chi connectivity index (χ4n) is 1.61. The quantitative estimate of drug-likeness (QED) is 0.736. The number of hydrogen-bond acceptors (Lipinski definition) is 3. The van der Waals surface area contributed by atoms with Gasteiger partial charge in [0.05, 0.1) is 17.4 Å². The number of carboxylic acid groups (broad SMARTS) is 1. The molecule has 0 aliphatic carbocycles. The molecule has 1 aromatic heterocycles. The zero-order chi connectivity index (χ0) is 14.3. The fraction of sp³-hybridized carbons (Fsp3) is 0.462. The molecule has 0 bridgehead atoms. The molecule has 0 saturated heterocycles. The summed E-state index contributed by atoms with van der Waals surface area (Å²) in [5.41, 5.74) is 0.403. The molecule has 104 valence electrons. The van der Waals surface area contributed by atoms with Crippen molar-refractivity contribution < 1.29 is 14.7 Å². The van der Waals surface area contributed by atoms with Crippen molar-refractivity contribution >= 4 is 17.7 Å². The van der Waals surface area contributed by atoms with Gasteiger partial charge in [-0.2, -0.15) is 0 Å². The number of aromatic nitrogens is 1. The van der Waals surface area contributed by atoms with E-state index >= 15 is 0 Å². The Kier molecular flexibility index (Phi) is 5.78. The number of nitrogens with zero attached hydrogens (tertiary/aromatic N) is 1. The molecule has 0 fully saturated rings. The second-order valence-corrected chi connectivity index (χ2v) is 4.28. The minimum absolute atomic E-state index is 0.0396. The predicted octanol–water partition coefficient (Wildman–Crippen LogP) is 2.34. The average molecular weight is 265 g/mol. The van der Waals surface area contributed by atoms with Crippen molar-refractivity contribution in [1.82, 2.24) is 10.3 Å². The lowest BCUT2D eigenvalue weighted by Gasteiger charge is -2.13. The summed E-state index contributed by atoms with van der Waals surface area (Å²) >= 11 is 0. The van der Waals surface area contributed by atoms with Gasteiger partial charge in [0.15, 0.2) is 0 Å². The molecule has 0 radical (unpaired) electrons. The zero-order valence-electron chi connectivity index (χ0n) is 11.1. The Morgan fingerprint density at radius 1 is 1.32 bits per heavy atom. The molecule has 0 aliphatic heterocycles. The molecule has 0 unspecified atom stereocenters. The van der Waals surface area contributed by atoms with Crippen molar-refractivity contribution in [3.8, 4) is 0 Å². The Labute approximate surface area is 112 Å². The van der Waals surface area contributed by atoms with E-state index in [1.165, 1.54) is 18.5 Å². The van der Waals surface area contributed by atoms with Gasteiger partial charge < -0.3 is 15.7 Å². The topological polar surface area (TPSA) is 91.3 Å². The number of rotatable bonds is 6. The lowest BCUT2D eigenvalue weighted by Crippen LogP contribution is -2.32. The van der Waals surface area contributed by atoms with Gasteiger partial charge in [-0.15, -0.1) is 0 Å². The SMILES string of the molecule is CCC(CC)CNC(=O)Nc1cncc(C(=O)O)c1. The monoisotopic (exact) mass is 265 g/mol. The highest BCUT2D eigenvalue weighted by Crippen LogP contribution is 2.09. The standard InChI is InChI=1S/C13H19N3O3/c1-3-9(4-2)6-15-13(19)16-11-5-10(12(17)18)7-14-8-11/h5,7-9H,3-4,6H2,1-2H3,(H,17,18)(H2,15,16,19). The maximum Gasteiger partial charge on any atom is 0.337 e. The van der Waals surface area contributed by atoms with Crippen molar-refractivity contribution in [2.75, 3.05) is 11.9 Å². The van der Waals surface area contributed by atoms with Crippen molar-refractivity contribution in [3.63, 3.8) is 0 Å². The van der Waals surface area contributed by atoms with Crippen molar-refractivity contribution in [1.29, 1.82) is 0 Å². The Bertz CT molecular complexity index is 445. The molecule has 6 nitrogen and oxygen atoms in total. The van der Waals surface area contributed by atoms with Gasteiger partial charge in [-0.25, -0.2) is 9.59 Å². The van der Waals surface area contributed by atoms with Crippen LogP contribution in [0.5, 0.6) is 0 Å². The van der Waals surface area contributed by atoms with E-state index in [1.54, 1.807) is 0 Å². The molecule has 0 atom stereocenters. The van der Waals surface area contributed by atoms with E-state index in [0.717, 1.165) is 12.8 Å². The summed E-state index contributed by atoms with van der Waals surface area (Å²) in [5, 5.41) is 14.1. The molecule has 6 heteroatoms. The second-order valence-electron chi connectivity index (χ2n) is 4.28. The van der Waals surface area contributed by atoms with Crippen LogP contribution in [0.2, 0.25) is 0 Å². The lowest BCUT2D eigenvalue weighted by atomic mass is 10.0. The number of nitrogens with one attached hydrogen (secondary N) is 2. The van der Waals surface area contributed by atoms with E-state index in [-0.39, 0.29) is 11.6 Å². The molecule has 3 N–H and O–H groups in total. The molecule has 0 saturated carbocycles. The van der Waals surface area contributed by atoms with Crippen molar-refractivity contribution in [3.05, 3.63) is 24.0 Å². The van der Waals surface area contributed by atoms with Crippen LogP contribution in [-0.4, -0.2) is 28.6 Å². The maximum atomic E-state index is 11.6. The summed E-state index contributed by atoms with van der Waals surface area (Å²) in [4.78, 5) is 26.2. The first-order valence-electron chi connectivity index (χ1n) is 6.30. The summed E-state index contributed by atoms with van der Waals surface area (Å²) in [7, 11) is 0. The molecule has 19 heavy (non-hydrogen) atoms. The van der Waals surface area contributed by atoms with Crippen LogP contribution >= 0.6 is 0 Å². The highest BCUT2D eigenvalue weighted by Gasteiger charge is 2.08. The number of hydrogen-bond donors (Lipinski definition) is 3. The first kappa shape index (κ1) is 14.9. The van der Waals surface area contributed by atoms with E-state index in [2.05, 4.69) is 29.5 Å². The summed E-state index contributed by atoms with van der Waals surface area (Å²) < 4.78 is 0. The Hall–Kier alpha value is -2.11. The largest absolute Gasteiger partial charge is 0.478 e. The van der Waals surface area contributed by atoms with Crippen LogP contribution in [0.1, 0.15) is 37.0 Å². The summed E-state index contributed by atoms with van der Waals surface area (Å²) in [6.07, 6.45) is 4.65. The fourth-order valence-corrected chi connectivity index (χ4v) is 1.61. The predicted molar refractivity (Wildman–Crippen MR) is 72.3 cm³/mol. The number of amides is 2. The summed E-state index contributed by atoms with van der Waals surface area (Å²) in [5.74, 6) is -0.622. The third-order valence-electron chi connectivity index (χ3n) is 2.95. The molecule has 1 aromatic rings. The number of urea groups is 1. The minimum atomic E-state index is -1.08. The number of pyridine rings is 1. The molecule has 0 aliphatic rings. The normalized spacial score (nSPS) is 10.3. The lowest BCUT2D eigenvalue weighted by molar-refractivity contribution is 0.0696. The van der Waals surface area contributed by atoms with Gasteiger partial charge in [-0.3, -0.25) is 4.98 Å². The van der Waals surface area contributed by atoms with Crippen LogP contribution in [0.25, 0.3) is 0 Å². The zero-order valence-corrected chi connectivity index (χ0v) is 11.1. The Morgan fingerprint density at radius 2 is 2.00 bits per heavy atom. The van der Waals surface area contributed by atoms with Gasteiger partial charge in [0.1, 0.15) is 0 Å². The summed E-state index contributed by atoms with van der Waals surface area (Å²) in [6, 6.07) is 1.02. The average Bonchev–Trinajstić information content (AvgIpc) is 2.40. The molecule has 2 amide bonds. The number of anilines is 1. The third-order valence-corrected chi connectivity index (χ3v) is 2.95. The van der Waals surface area contributed by atoms with Crippen LogP contribution < -0.4 is 10.6 Å². The van der Waals surface area contributed by atoms with E-state index in [9.17, 15) is 9.59 Å². The van der Waals surface area contributed by atoms with Crippen LogP contribution in [-0.2, 0) is 0 Å². The second kappa shape index (κ2) is 7.35. The first-order chi connectivity index (χ1) is 9.06. The van der Waals surface area contributed by atoms with Crippen LogP contribution in [0, 0.1) is 5.92 Å². The number of carbonyl (C=O) groups excluding carboxylic acids is 1. The molecule has 0 spiro atoms. The number of aromatic carboxylic acids is 1. The van der Waals surface area contributed by atoms with E-state index in [4.69, 9.17) is 5.11 Å². The Balaban J connectivity index is 2.52. The van der Waals surface area contributed by atoms with Crippen LogP contribution in [0.4, 0.5) is 10.5 Å². The van der Waals surface area contributed by atoms with Gasteiger partial charge in [0, 0.05) is 12.7 Å². The summed E-state index contributed by atoms with van der Waals surface area (Å²) in [6.45, 7) is 4.76. The van der Waals surface area contributed by atoms with Gasteiger partial charge in [0.2, 0.25) is 0 Å². The molecular formula is C13H19N3O3. The highest BCUT2D eigenvalue weighted by molar-refractivity contribution is 5.92. The molecule has 0 aromatic carbocycles. The Morgan fingerprint density at radius 3 is 2.58 bits per heavy atom. The maximum absolute atomic E-state index is 11.6. The molecular weight excluding hydrogens is 246 g/mol. The number of carboxylic acids is 1. The van der Waals surface area contributed by atoms with E-state index in [1.807, 2.05) is 0 Å². The minimum Gasteiger partial charge on any atom is -0.478 e. The smallest absolute Gasteiger partial charge is 0.337 e. The van der Waals surface area contributed by atoms with Crippen molar-refractivity contribution in [2.45, 2.75) is 26.7 Å². The van der Waals surface area contributed by atoms with Gasteiger partial charge in [0.25, 0.3) is 0 Å². The van der Waals surface area contributed by atoms with E-state index < -0.39 is 5.97 Å². The number of carbonyl (C=O) groups is 2. The third kappa shape index (κ3) is 4.95. The van der Waals surface area contributed by atoms with Crippen molar-refractivity contribution in [2.24, 2.45) is 5.92 Å². The van der Waals surface area contributed by atoms with E-state index in [0.29, 0.717) is 18.2 Å². The first-order valence-corrected chi connectivity index (χ1v) is 6.30. The van der Waals surface area contributed by atoms with Crippen LogP contribution in [0.15, 0.2) is 18.5 Å². The van der Waals surface area contributed by atoms with Gasteiger partial charge in [-0.05, 0) is 12.0 Å². The molecule has 1 heterocycles. The highest BCUT2D eigenvalue weighted by atomic mass is 16.4. The molecule has 1 rings (SSSR count).